The van der Waals surface area contributed by atoms with Crippen molar-refractivity contribution in [2.45, 2.75) is 17.7 Å². The van der Waals surface area contributed by atoms with Gasteiger partial charge in [-0.2, -0.15) is 0 Å². The van der Waals surface area contributed by atoms with Crippen molar-refractivity contribution in [3.63, 3.8) is 0 Å². The third-order valence-corrected chi connectivity index (χ3v) is 4.35. The molecule has 72 valence electrons. The van der Waals surface area contributed by atoms with Crippen LogP contribution in [0.15, 0.2) is 23.1 Å². The van der Waals surface area contributed by atoms with Gasteiger partial charge in [0.1, 0.15) is 0 Å². The molecule has 0 bridgehead atoms. The highest BCUT2D eigenvalue weighted by Gasteiger charge is 2.25. The second kappa shape index (κ2) is 3.14. The molecule has 0 N–H and O–H groups in total. The van der Waals surface area contributed by atoms with E-state index >= 15 is 0 Å². The summed E-state index contributed by atoms with van der Waals surface area (Å²) in [6, 6.07) is 5.34. The van der Waals surface area contributed by atoms with Crippen LogP contribution in [-0.4, -0.2) is 14.2 Å². The largest absolute Gasteiger partial charge is 0.224 e. The zero-order chi connectivity index (χ0) is 10.2. The highest BCUT2D eigenvalue weighted by molar-refractivity contribution is 7.91. The van der Waals surface area contributed by atoms with E-state index in [-0.39, 0.29) is 5.75 Å². The van der Waals surface area contributed by atoms with Crippen LogP contribution in [0.4, 0.5) is 0 Å². The van der Waals surface area contributed by atoms with Crippen LogP contribution in [0.1, 0.15) is 17.5 Å². The standard InChI is InChI=1S/C11H10O2S/c1-2-9-5-3-6-10-7-4-8-14(12,13)11(9)10/h1,3,5-6H,4,7-8H2. The van der Waals surface area contributed by atoms with Crippen LogP contribution in [0, 0.1) is 12.3 Å². The van der Waals surface area contributed by atoms with Crippen LogP contribution in [-0.2, 0) is 16.3 Å². The summed E-state index contributed by atoms with van der Waals surface area (Å²) < 4.78 is 23.5. The Kier molecular flexibility index (Phi) is 2.09. The van der Waals surface area contributed by atoms with Crippen LogP contribution in [0.3, 0.4) is 0 Å². The molecule has 1 aliphatic rings. The molecule has 1 aliphatic heterocycles. The Hall–Kier alpha value is -1.27. The van der Waals surface area contributed by atoms with E-state index in [1.54, 1.807) is 6.07 Å². The van der Waals surface area contributed by atoms with E-state index in [4.69, 9.17) is 6.42 Å². The SMILES string of the molecule is C#Cc1cccc2c1S(=O)(=O)CCC2. The molecule has 0 unspecified atom stereocenters. The smallest absolute Gasteiger partial charge is 0.179 e. The molecule has 0 spiro atoms. The van der Waals surface area contributed by atoms with Gasteiger partial charge in [-0.1, -0.05) is 18.1 Å². The second-order valence-corrected chi connectivity index (χ2v) is 5.41. The number of hydrogen-bond acceptors (Lipinski definition) is 2. The first-order chi connectivity index (χ1) is 6.65. The maximum Gasteiger partial charge on any atom is 0.179 e. The van der Waals surface area contributed by atoms with Crippen molar-refractivity contribution in [2.75, 3.05) is 5.75 Å². The Morgan fingerprint density at radius 2 is 2.14 bits per heavy atom. The first kappa shape index (κ1) is 9.29. The molecule has 0 saturated heterocycles. The first-order valence-electron chi connectivity index (χ1n) is 4.46. The number of hydrogen-bond donors (Lipinski definition) is 0. The Balaban J connectivity index is 2.79. The highest BCUT2D eigenvalue weighted by atomic mass is 32.2. The molecule has 1 aromatic carbocycles. The summed E-state index contributed by atoms with van der Waals surface area (Å²) in [5.74, 6) is 2.65. The molecule has 3 heteroatoms. The summed E-state index contributed by atoms with van der Waals surface area (Å²) in [6.07, 6.45) is 6.79. The summed E-state index contributed by atoms with van der Waals surface area (Å²) in [5.41, 5.74) is 1.37. The van der Waals surface area contributed by atoms with Gasteiger partial charge in [-0.3, -0.25) is 0 Å². The van der Waals surface area contributed by atoms with Crippen LogP contribution in [0.2, 0.25) is 0 Å². The number of fused-ring (bicyclic) bond motifs is 1. The van der Waals surface area contributed by atoms with E-state index in [0.29, 0.717) is 16.9 Å². The van der Waals surface area contributed by atoms with Crippen molar-refractivity contribution in [3.05, 3.63) is 29.3 Å². The molecule has 0 aromatic heterocycles. The van der Waals surface area contributed by atoms with E-state index < -0.39 is 9.84 Å². The summed E-state index contributed by atoms with van der Waals surface area (Å²) in [4.78, 5) is 0.383. The van der Waals surface area contributed by atoms with E-state index in [9.17, 15) is 8.42 Å². The molecule has 1 aromatic rings. The van der Waals surface area contributed by atoms with Gasteiger partial charge in [0.25, 0.3) is 0 Å². The van der Waals surface area contributed by atoms with Gasteiger partial charge in [-0.05, 0) is 24.5 Å². The normalized spacial score (nSPS) is 18.2. The number of sulfone groups is 1. The van der Waals surface area contributed by atoms with Crippen LogP contribution < -0.4 is 0 Å². The number of terminal acetylenes is 1. The van der Waals surface area contributed by atoms with Gasteiger partial charge in [-0.25, -0.2) is 8.42 Å². The lowest BCUT2D eigenvalue weighted by atomic mass is 10.1. The molecular weight excluding hydrogens is 196 g/mol. The minimum atomic E-state index is -3.13. The van der Waals surface area contributed by atoms with Gasteiger partial charge >= 0.3 is 0 Å². The average molecular weight is 206 g/mol. The van der Waals surface area contributed by atoms with Crippen LogP contribution in [0.25, 0.3) is 0 Å². The molecule has 2 nitrogen and oxygen atoms in total. The number of aryl methyl sites for hydroxylation is 1. The van der Waals surface area contributed by atoms with Crippen molar-refractivity contribution in [1.82, 2.24) is 0 Å². The van der Waals surface area contributed by atoms with E-state index in [0.717, 1.165) is 12.0 Å². The maximum absolute atomic E-state index is 11.8. The van der Waals surface area contributed by atoms with Crippen LogP contribution in [0.5, 0.6) is 0 Å². The molecule has 0 aliphatic carbocycles. The molecular formula is C11H10O2S. The monoisotopic (exact) mass is 206 g/mol. The third kappa shape index (κ3) is 1.32. The molecule has 0 fully saturated rings. The molecule has 2 rings (SSSR count). The molecule has 14 heavy (non-hydrogen) atoms. The van der Waals surface area contributed by atoms with E-state index in [2.05, 4.69) is 5.92 Å². The zero-order valence-electron chi connectivity index (χ0n) is 7.66. The summed E-state index contributed by atoms with van der Waals surface area (Å²) in [7, 11) is -3.13. The van der Waals surface area contributed by atoms with Crippen LogP contribution >= 0.6 is 0 Å². The quantitative estimate of drug-likeness (QED) is 0.601. The van der Waals surface area contributed by atoms with Gasteiger partial charge in [0.05, 0.1) is 10.6 Å². The molecule has 1 heterocycles. The van der Waals surface area contributed by atoms with Gasteiger partial charge in [0, 0.05) is 5.56 Å². The number of rotatable bonds is 0. The van der Waals surface area contributed by atoms with E-state index in [1.807, 2.05) is 12.1 Å². The summed E-state index contributed by atoms with van der Waals surface area (Å²) >= 11 is 0. The van der Waals surface area contributed by atoms with Gasteiger partial charge in [0.2, 0.25) is 0 Å². The van der Waals surface area contributed by atoms with Crippen molar-refractivity contribution in [1.29, 1.82) is 0 Å². The fraction of sp³-hybridized carbons (Fsp3) is 0.273. The first-order valence-corrected chi connectivity index (χ1v) is 6.11. The highest BCUT2D eigenvalue weighted by Crippen LogP contribution is 2.27. The number of benzene rings is 1. The minimum absolute atomic E-state index is 0.221. The Morgan fingerprint density at radius 3 is 2.86 bits per heavy atom. The Bertz CT molecular complexity index is 507. The second-order valence-electron chi connectivity index (χ2n) is 3.36. The lowest BCUT2D eigenvalue weighted by molar-refractivity contribution is 0.586. The third-order valence-electron chi connectivity index (χ3n) is 2.42. The lowest BCUT2D eigenvalue weighted by Crippen LogP contribution is -2.17. The zero-order valence-corrected chi connectivity index (χ0v) is 8.47. The molecule has 0 radical (unpaired) electrons. The van der Waals surface area contributed by atoms with Gasteiger partial charge in [-0.15, -0.1) is 6.42 Å². The summed E-state index contributed by atoms with van der Waals surface area (Å²) in [5, 5.41) is 0. The predicted molar refractivity (Wildman–Crippen MR) is 54.8 cm³/mol. The minimum Gasteiger partial charge on any atom is -0.224 e. The molecule has 0 amide bonds. The van der Waals surface area contributed by atoms with Crippen molar-refractivity contribution < 1.29 is 8.42 Å². The topological polar surface area (TPSA) is 34.1 Å². The van der Waals surface area contributed by atoms with E-state index in [1.165, 1.54) is 0 Å². The van der Waals surface area contributed by atoms with Crippen molar-refractivity contribution in [2.24, 2.45) is 0 Å². The molecule has 0 saturated carbocycles. The fourth-order valence-corrected chi connectivity index (χ4v) is 3.58. The van der Waals surface area contributed by atoms with Crippen molar-refractivity contribution >= 4 is 9.84 Å². The fourth-order valence-electron chi connectivity index (χ4n) is 1.82. The average Bonchev–Trinajstić information content (AvgIpc) is 2.16. The van der Waals surface area contributed by atoms with Gasteiger partial charge in [0.15, 0.2) is 9.84 Å². The Labute approximate surface area is 83.9 Å². The molecule has 0 atom stereocenters. The Morgan fingerprint density at radius 1 is 1.36 bits per heavy atom. The lowest BCUT2D eigenvalue weighted by Gasteiger charge is -2.17. The van der Waals surface area contributed by atoms with Crippen molar-refractivity contribution in [3.8, 4) is 12.3 Å². The predicted octanol–water partition coefficient (Wildman–Crippen LogP) is 1.39. The maximum atomic E-state index is 11.8. The summed E-state index contributed by atoms with van der Waals surface area (Å²) in [6.45, 7) is 0. The van der Waals surface area contributed by atoms with Gasteiger partial charge < -0.3 is 0 Å².